The molecule has 10 aromatic rings. The Morgan fingerprint density at radius 1 is 0.362 bits per heavy atom. The number of rotatable bonds is 4. The van der Waals surface area contributed by atoms with Gasteiger partial charge in [-0.1, -0.05) is 109 Å². The lowest BCUT2D eigenvalue weighted by Crippen LogP contribution is -2.11. The highest BCUT2D eigenvalue weighted by molar-refractivity contribution is 6.20. The minimum atomic E-state index is 0.864. The van der Waals surface area contributed by atoms with Crippen LogP contribution in [0.4, 0.5) is 17.1 Å². The molecule has 2 heterocycles. The van der Waals surface area contributed by atoms with Crippen molar-refractivity contribution in [1.29, 1.82) is 0 Å². The fourth-order valence-electron chi connectivity index (χ4n) is 7.31. The van der Waals surface area contributed by atoms with Gasteiger partial charge in [0.2, 0.25) is 0 Å². The molecule has 0 fully saturated rings. The first kappa shape index (κ1) is 26.0. The molecule has 0 aliphatic rings. The fourth-order valence-corrected chi connectivity index (χ4v) is 7.31. The first-order valence-corrected chi connectivity index (χ1v) is 15.9. The molecule has 0 spiro atoms. The van der Waals surface area contributed by atoms with Crippen LogP contribution in [0.2, 0.25) is 0 Å². The third kappa shape index (κ3) is 4.00. The van der Waals surface area contributed by atoms with Crippen molar-refractivity contribution in [3.05, 3.63) is 164 Å². The van der Waals surface area contributed by atoms with Gasteiger partial charge in [-0.05, 0) is 75.6 Å². The summed E-state index contributed by atoms with van der Waals surface area (Å²) >= 11 is 0. The van der Waals surface area contributed by atoms with Crippen molar-refractivity contribution in [1.82, 2.24) is 0 Å². The number of nitrogens with zero attached hydrogens (tertiary/aromatic N) is 1. The second-order valence-electron chi connectivity index (χ2n) is 12.1. The molecule has 0 atom stereocenters. The minimum Gasteiger partial charge on any atom is -0.456 e. The summed E-state index contributed by atoms with van der Waals surface area (Å²) in [5.41, 5.74) is 9.07. The van der Waals surface area contributed by atoms with Gasteiger partial charge >= 0.3 is 0 Å². The van der Waals surface area contributed by atoms with Gasteiger partial charge in [-0.25, -0.2) is 0 Å². The Hall–Kier alpha value is -6.32. The molecule has 0 amide bonds. The van der Waals surface area contributed by atoms with Gasteiger partial charge in [0.15, 0.2) is 0 Å². The van der Waals surface area contributed by atoms with Crippen molar-refractivity contribution < 1.29 is 8.83 Å². The van der Waals surface area contributed by atoms with Crippen LogP contribution in [0.3, 0.4) is 0 Å². The summed E-state index contributed by atoms with van der Waals surface area (Å²) in [6, 6.07) is 57.9. The monoisotopic (exact) mass is 601 g/mol. The molecule has 10 rings (SSSR count). The first-order chi connectivity index (χ1) is 23.3. The van der Waals surface area contributed by atoms with Crippen LogP contribution in [0.1, 0.15) is 0 Å². The van der Waals surface area contributed by atoms with Gasteiger partial charge in [0, 0.05) is 44.5 Å². The highest BCUT2D eigenvalue weighted by Gasteiger charge is 2.20. The smallest absolute Gasteiger partial charge is 0.137 e. The molecule has 0 aliphatic heterocycles. The molecule has 0 aliphatic carbocycles. The van der Waals surface area contributed by atoms with E-state index in [9.17, 15) is 0 Å². The fraction of sp³-hybridized carbons (Fsp3) is 0. The minimum absolute atomic E-state index is 0.864. The second kappa shape index (κ2) is 10.1. The lowest BCUT2D eigenvalue weighted by atomic mass is 10.00. The molecule has 0 unspecified atom stereocenters. The Bertz CT molecular complexity index is 2790. The van der Waals surface area contributed by atoms with Crippen LogP contribution in [0.15, 0.2) is 173 Å². The van der Waals surface area contributed by atoms with E-state index in [0.717, 1.165) is 77.5 Å². The normalized spacial score (nSPS) is 11.8. The molecule has 0 bridgehead atoms. The molecular weight excluding hydrogens is 574 g/mol. The van der Waals surface area contributed by atoms with Crippen molar-refractivity contribution in [3.63, 3.8) is 0 Å². The van der Waals surface area contributed by atoms with Crippen LogP contribution in [0, 0.1) is 0 Å². The maximum absolute atomic E-state index is 6.55. The van der Waals surface area contributed by atoms with Crippen molar-refractivity contribution >= 4 is 82.5 Å². The van der Waals surface area contributed by atoms with E-state index in [0.29, 0.717) is 0 Å². The second-order valence-corrected chi connectivity index (χ2v) is 12.1. The zero-order chi connectivity index (χ0) is 30.9. The zero-order valence-corrected chi connectivity index (χ0v) is 25.4. The van der Waals surface area contributed by atoms with Crippen LogP contribution in [-0.2, 0) is 0 Å². The van der Waals surface area contributed by atoms with Crippen molar-refractivity contribution in [3.8, 4) is 11.1 Å². The van der Waals surface area contributed by atoms with E-state index in [1.807, 2.05) is 12.1 Å². The van der Waals surface area contributed by atoms with E-state index < -0.39 is 0 Å². The molecule has 0 radical (unpaired) electrons. The molecule has 3 heteroatoms. The zero-order valence-electron chi connectivity index (χ0n) is 25.4. The quantitative estimate of drug-likeness (QED) is 0.201. The Labute approximate surface area is 270 Å². The average Bonchev–Trinajstić information content (AvgIpc) is 3.71. The Balaban J connectivity index is 1.22. The predicted molar refractivity (Wildman–Crippen MR) is 196 cm³/mol. The van der Waals surface area contributed by atoms with Crippen molar-refractivity contribution in [2.24, 2.45) is 0 Å². The molecule has 220 valence electrons. The maximum Gasteiger partial charge on any atom is 0.137 e. The molecule has 3 nitrogen and oxygen atoms in total. The van der Waals surface area contributed by atoms with Gasteiger partial charge in [-0.3, -0.25) is 0 Å². The number of hydrogen-bond donors (Lipinski definition) is 0. The van der Waals surface area contributed by atoms with Gasteiger partial charge in [-0.2, -0.15) is 0 Å². The Morgan fingerprint density at radius 3 is 1.81 bits per heavy atom. The third-order valence-corrected chi connectivity index (χ3v) is 9.43. The van der Waals surface area contributed by atoms with E-state index in [-0.39, 0.29) is 0 Å². The molecular formula is C44H27NO2. The van der Waals surface area contributed by atoms with Crippen molar-refractivity contribution in [2.75, 3.05) is 4.90 Å². The molecule has 0 saturated heterocycles. The lowest BCUT2D eigenvalue weighted by Gasteiger charge is -2.28. The van der Waals surface area contributed by atoms with Crippen LogP contribution in [0.5, 0.6) is 0 Å². The summed E-state index contributed by atoms with van der Waals surface area (Å²) in [5.74, 6) is 0. The molecule has 0 saturated carbocycles. The Morgan fingerprint density at radius 2 is 0.957 bits per heavy atom. The van der Waals surface area contributed by atoms with Gasteiger partial charge in [0.25, 0.3) is 0 Å². The van der Waals surface area contributed by atoms with Crippen LogP contribution in [-0.4, -0.2) is 0 Å². The van der Waals surface area contributed by atoms with E-state index in [1.54, 1.807) is 0 Å². The lowest BCUT2D eigenvalue weighted by molar-refractivity contribution is 0.669. The molecule has 2 aromatic heterocycles. The summed E-state index contributed by atoms with van der Waals surface area (Å²) in [6.07, 6.45) is 0. The molecule has 0 N–H and O–H groups in total. The number of anilines is 3. The van der Waals surface area contributed by atoms with Gasteiger partial charge in [-0.15, -0.1) is 0 Å². The van der Waals surface area contributed by atoms with Crippen LogP contribution >= 0.6 is 0 Å². The predicted octanol–water partition coefficient (Wildman–Crippen LogP) is 12.9. The largest absolute Gasteiger partial charge is 0.456 e. The average molecular weight is 602 g/mol. The van der Waals surface area contributed by atoms with E-state index >= 15 is 0 Å². The van der Waals surface area contributed by atoms with E-state index in [2.05, 4.69) is 157 Å². The van der Waals surface area contributed by atoms with Crippen LogP contribution in [0.25, 0.3) is 76.5 Å². The van der Waals surface area contributed by atoms with Gasteiger partial charge in [0.05, 0.1) is 5.69 Å². The number of para-hydroxylation sites is 2. The van der Waals surface area contributed by atoms with Gasteiger partial charge < -0.3 is 13.7 Å². The summed E-state index contributed by atoms with van der Waals surface area (Å²) in [4.78, 5) is 2.35. The van der Waals surface area contributed by atoms with Crippen molar-refractivity contribution in [2.45, 2.75) is 0 Å². The summed E-state index contributed by atoms with van der Waals surface area (Å²) in [7, 11) is 0. The molecule has 8 aromatic carbocycles. The van der Waals surface area contributed by atoms with E-state index in [4.69, 9.17) is 8.83 Å². The maximum atomic E-state index is 6.55. The molecule has 47 heavy (non-hydrogen) atoms. The topological polar surface area (TPSA) is 29.5 Å². The summed E-state index contributed by atoms with van der Waals surface area (Å²) in [6.45, 7) is 0. The highest BCUT2D eigenvalue weighted by Crippen LogP contribution is 2.45. The Kier molecular flexibility index (Phi) is 5.57. The number of fused-ring (bicyclic) bond motifs is 10. The standard InChI is InChI=1S/C44H27NO2/c1-2-10-28(11-3-1)33-13-6-8-16-38(33)45(31-20-22-35-30(26-31)19-25-40-44(35)36-15-7-9-17-39(36)46-40)32-21-23-37-42(27-32)47-41-24-18-29-12-4-5-14-34(29)43(37)41/h1-27H. The highest BCUT2D eigenvalue weighted by atomic mass is 16.3. The van der Waals surface area contributed by atoms with E-state index in [1.165, 1.54) is 16.2 Å². The van der Waals surface area contributed by atoms with Gasteiger partial charge in [0.1, 0.15) is 22.3 Å². The number of benzene rings is 8. The third-order valence-electron chi connectivity index (χ3n) is 9.43. The first-order valence-electron chi connectivity index (χ1n) is 15.9. The summed E-state index contributed by atoms with van der Waals surface area (Å²) < 4.78 is 12.8. The number of hydrogen-bond acceptors (Lipinski definition) is 3. The SMILES string of the molecule is c1ccc(-c2ccccc2N(c2ccc3c(ccc4oc5ccccc5c43)c2)c2ccc3c(c2)oc2ccc4ccccc4c23)cc1. The van der Waals surface area contributed by atoms with Crippen LogP contribution < -0.4 is 4.90 Å². The summed E-state index contributed by atoms with van der Waals surface area (Å²) in [5, 5.41) is 9.29. The number of furan rings is 2.